The van der Waals surface area contributed by atoms with E-state index >= 15 is 0 Å². The maximum atomic E-state index is 11.9. The maximum Gasteiger partial charge on any atom is 0.490 e. The molecular formula is C14H26NO12P3. The molecule has 2 rings (SSSR count). The van der Waals surface area contributed by atoms with Gasteiger partial charge in [-0.3, -0.25) is 4.52 Å². The van der Waals surface area contributed by atoms with Crippen LogP contribution < -0.4 is 0 Å². The van der Waals surface area contributed by atoms with Crippen molar-refractivity contribution in [1.29, 1.82) is 0 Å². The average Bonchev–Trinajstić information content (AvgIpc) is 2.75. The largest absolute Gasteiger partial charge is 0.490 e. The normalized spacial score (nSPS) is 31.2. The molecule has 2 aliphatic heterocycles. The van der Waals surface area contributed by atoms with Crippen LogP contribution in [0.25, 0.3) is 0 Å². The van der Waals surface area contributed by atoms with Crippen molar-refractivity contribution < 1.29 is 56.3 Å². The number of phosphoric acid groups is 3. The van der Waals surface area contributed by atoms with E-state index in [0.29, 0.717) is 6.42 Å². The van der Waals surface area contributed by atoms with Crippen LogP contribution >= 0.6 is 23.5 Å². The molecule has 174 valence electrons. The summed E-state index contributed by atoms with van der Waals surface area (Å²) in [7, 11) is -16.4. The first kappa shape index (κ1) is 25.9. The fourth-order valence-corrected chi connectivity index (χ4v) is 6.19. The number of hydrogen-bond acceptors (Lipinski definition) is 9. The molecule has 0 aromatic carbocycles. The van der Waals surface area contributed by atoms with Crippen molar-refractivity contribution in [3.63, 3.8) is 0 Å². The Morgan fingerprint density at radius 2 is 1.77 bits per heavy atom. The van der Waals surface area contributed by atoms with Crippen LogP contribution in [0, 0.1) is 5.41 Å². The summed E-state index contributed by atoms with van der Waals surface area (Å²) in [4.78, 5) is 37.6. The van der Waals surface area contributed by atoms with Gasteiger partial charge in [-0.25, -0.2) is 13.7 Å². The van der Waals surface area contributed by atoms with Gasteiger partial charge < -0.3 is 34.3 Å². The third-order valence-corrected chi connectivity index (χ3v) is 8.46. The molecule has 0 spiro atoms. The highest BCUT2D eigenvalue weighted by Gasteiger charge is 2.53. The highest BCUT2D eigenvalue weighted by atomic mass is 31.3. The van der Waals surface area contributed by atoms with Gasteiger partial charge in [-0.05, 0) is 19.8 Å². The summed E-state index contributed by atoms with van der Waals surface area (Å²) < 4.78 is 51.7. The molecular weight excluding hydrogens is 467 g/mol. The highest BCUT2D eigenvalue weighted by molar-refractivity contribution is 7.66. The summed E-state index contributed by atoms with van der Waals surface area (Å²) in [6, 6.07) is 0. The number of phosphoric ester groups is 1. The Hall–Kier alpha value is -0.390. The number of aliphatic hydroxyl groups is 1. The second-order valence-corrected chi connectivity index (χ2v) is 12.0. The quantitative estimate of drug-likeness (QED) is 0.308. The Bertz CT molecular complexity index is 851. The predicted molar refractivity (Wildman–Crippen MR) is 102 cm³/mol. The smallest absolute Gasteiger partial charge is 0.390 e. The summed E-state index contributed by atoms with van der Waals surface area (Å²) in [5.74, 6) is 0. The van der Waals surface area contributed by atoms with Crippen molar-refractivity contribution in [1.82, 2.24) is 4.90 Å². The SMILES string of the molecule is C=C1CCC(C)=CN1C1OC(COP(=O)(O)OP(=O)(O)OP(=O)(O)O)C(O)C1(C)C. The average molecular weight is 493 g/mol. The van der Waals surface area contributed by atoms with Crippen LogP contribution in [0.2, 0.25) is 0 Å². The van der Waals surface area contributed by atoms with E-state index in [9.17, 15) is 28.6 Å². The van der Waals surface area contributed by atoms with Crippen molar-refractivity contribution in [2.75, 3.05) is 6.61 Å². The molecule has 0 saturated carbocycles. The van der Waals surface area contributed by atoms with Crippen LogP contribution in [0.5, 0.6) is 0 Å². The van der Waals surface area contributed by atoms with E-state index in [1.54, 1.807) is 18.7 Å². The summed E-state index contributed by atoms with van der Waals surface area (Å²) in [5.41, 5.74) is 0.980. The van der Waals surface area contributed by atoms with Gasteiger partial charge in [-0.2, -0.15) is 8.62 Å². The minimum atomic E-state index is -5.62. The van der Waals surface area contributed by atoms with Crippen LogP contribution in [0.3, 0.4) is 0 Å². The van der Waals surface area contributed by atoms with Crippen molar-refractivity contribution in [3.05, 3.63) is 24.0 Å². The third-order valence-electron chi connectivity index (χ3n) is 4.66. The van der Waals surface area contributed by atoms with Gasteiger partial charge in [0.2, 0.25) is 0 Å². The number of allylic oxidation sites excluding steroid dienone is 2. The van der Waals surface area contributed by atoms with Gasteiger partial charge in [0.05, 0.1) is 12.7 Å². The zero-order valence-corrected chi connectivity index (χ0v) is 19.2. The molecule has 1 fully saturated rings. The Kier molecular flexibility index (Phi) is 7.64. The Morgan fingerprint density at radius 1 is 1.17 bits per heavy atom. The zero-order chi connectivity index (χ0) is 23.1. The molecule has 5 unspecified atom stereocenters. The Balaban J connectivity index is 2.07. The van der Waals surface area contributed by atoms with E-state index in [0.717, 1.165) is 17.7 Å². The van der Waals surface area contributed by atoms with Gasteiger partial charge in [-0.15, -0.1) is 0 Å². The van der Waals surface area contributed by atoms with E-state index in [-0.39, 0.29) is 0 Å². The van der Waals surface area contributed by atoms with Gasteiger partial charge in [0.1, 0.15) is 12.3 Å². The van der Waals surface area contributed by atoms with Crippen molar-refractivity contribution >= 4 is 23.5 Å². The molecule has 16 heteroatoms. The molecule has 0 amide bonds. The number of nitrogens with zero attached hydrogens (tertiary/aromatic N) is 1. The van der Waals surface area contributed by atoms with Crippen LogP contribution in [0.4, 0.5) is 0 Å². The summed E-state index contributed by atoms with van der Waals surface area (Å²) in [5, 5.41) is 10.6. The van der Waals surface area contributed by atoms with Gasteiger partial charge >= 0.3 is 23.5 Å². The minimum absolute atomic E-state index is 0.676. The standard InChI is InChI=1S/C14H26NO12P3/c1-9-5-6-10(2)15(7-9)13-14(3,4)12(16)11(25-13)8-24-29(20,21)27-30(22,23)26-28(17,18)19/h7,11-13,16H,2,5-6,8H2,1,3-4H3,(H,20,21)(H,22,23)(H2,17,18,19). The predicted octanol–water partition coefficient (Wildman–Crippen LogP) is 1.95. The van der Waals surface area contributed by atoms with Gasteiger partial charge in [0.15, 0.2) is 0 Å². The van der Waals surface area contributed by atoms with E-state index in [4.69, 9.17) is 14.5 Å². The third kappa shape index (κ3) is 6.56. The molecule has 13 nitrogen and oxygen atoms in total. The summed E-state index contributed by atoms with van der Waals surface area (Å²) in [6.45, 7) is 8.64. The summed E-state index contributed by atoms with van der Waals surface area (Å²) in [6.07, 6.45) is 0.401. The van der Waals surface area contributed by atoms with Crippen LogP contribution in [-0.4, -0.2) is 54.6 Å². The number of ether oxygens (including phenoxy) is 1. The lowest BCUT2D eigenvalue weighted by Gasteiger charge is -2.39. The molecule has 2 aliphatic rings. The first-order valence-corrected chi connectivity index (χ1v) is 13.2. The van der Waals surface area contributed by atoms with E-state index in [2.05, 4.69) is 19.7 Å². The minimum Gasteiger partial charge on any atom is -0.390 e. The number of hydrogen-bond donors (Lipinski definition) is 5. The lowest BCUT2D eigenvalue weighted by atomic mass is 9.83. The molecule has 0 aromatic rings. The zero-order valence-electron chi connectivity index (χ0n) is 16.5. The van der Waals surface area contributed by atoms with E-state index in [1.165, 1.54) is 0 Å². The van der Waals surface area contributed by atoms with Crippen LogP contribution in [0.1, 0.15) is 33.6 Å². The molecule has 5 N–H and O–H groups in total. The second kappa shape index (κ2) is 8.86. The molecule has 0 aromatic heterocycles. The Labute approximate surface area is 173 Å². The number of rotatable bonds is 8. The second-order valence-electron chi connectivity index (χ2n) is 7.63. The van der Waals surface area contributed by atoms with Crippen LogP contribution in [-0.2, 0) is 31.6 Å². The molecule has 0 radical (unpaired) electrons. The van der Waals surface area contributed by atoms with E-state index in [1.807, 2.05) is 13.1 Å². The molecule has 0 bridgehead atoms. The van der Waals surface area contributed by atoms with Gasteiger partial charge in [0.25, 0.3) is 0 Å². The van der Waals surface area contributed by atoms with Crippen LogP contribution in [0.15, 0.2) is 24.0 Å². The molecule has 5 atom stereocenters. The lowest BCUT2D eigenvalue weighted by molar-refractivity contribution is -0.0681. The molecule has 1 saturated heterocycles. The van der Waals surface area contributed by atoms with Crippen molar-refractivity contribution in [2.45, 2.75) is 52.0 Å². The molecule has 30 heavy (non-hydrogen) atoms. The first-order valence-electron chi connectivity index (χ1n) is 8.69. The lowest BCUT2D eigenvalue weighted by Crippen LogP contribution is -2.44. The summed E-state index contributed by atoms with van der Waals surface area (Å²) >= 11 is 0. The van der Waals surface area contributed by atoms with E-state index < -0.39 is 53.9 Å². The maximum absolute atomic E-state index is 11.9. The van der Waals surface area contributed by atoms with Crippen molar-refractivity contribution in [2.24, 2.45) is 5.41 Å². The fraction of sp³-hybridized carbons (Fsp3) is 0.714. The van der Waals surface area contributed by atoms with Gasteiger partial charge in [-0.1, -0.05) is 26.0 Å². The van der Waals surface area contributed by atoms with Gasteiger partial charge in [0, 0.05) is 17.3 Å². The fourth-order valence-electron chi connectivity index (χ4n) is 3.16. The molecule has 2 heterocycles. The number of aliphatic hydroxyl groups excluding tert-OH is 1. The molecule has 0 aliphatic carbocycles. The van der Waals surface area contributed by atoms with Crippen molar-refractivity contribution in [3.8, 4) is 0 Å². The monoisotopic (exact) mass is 493 g/mol. The Morgan fingerprint density at radius 3 is 2.33 bits per heavy atom. The first-order chi connectivity index (χ1) is 13.4. The topological polar surface area (TPSA) is 193 Å². The highest BCUT2D eigenvalue weighted by Crippen LogP contribution is 2.66.